The molecule has 0 aliphatic rings. The van der Waals surface area contributed by atoms with Crippen molar-refractivity contribution in [1.82, 2.24) is 20.6 Å². The number of amides is 2. The minimum atomic E-state index is -0.156. The van der Waals surface area contributed by atoms with Crippen molar-refractivity contribution in [2.75, 3.05) is 13.2 Å². The molecule has 0 aliphatic carbocycles. The minimum absolute atomic E-state index is 0. The summed E-state index contributed by atoms with van der Waals surface area (Å²) in [5.41, 5.74) is 3.65. The highest BCUT2D eigenvalue weighted by Gasteiger charge is 2.08. The van der Waals surface area contributed by atoms with E-state index < -0.39 is 0 Å². The fraction of sp³-hybridized carbons (Fsp3) is 0.111. The van der Waals surface area contributed by atoms with Gasteiger partial charge >= 0.3 is 0 Å². The molecule has 0 saturated carbocycles. The number of benzene rings is 4. The van der Waals surface area contributed by atoms with Crippen LogP contribution in [0.4, 0.5) is 0 Å². The molecule has 0 unspecified atom stereocenters. The zero-order valence-electron chi connectivity index (χ0n) is 24.6. The second-order valence-electron chi connectivity index (χ2n) is 9.76. The van der Waals surface area contributed by atoms with Gasteiger partial charge in [-0.3, -0.25) is 19.6 Å². The lowest BCUT2D eigenvalue weighted by atomic mass is 10.2. The number of para-hydroxylation sites is 2. The van der Waals surface area contributed by atoms with E-state index in [0.29, 0.717) is 24.6 Å². The fourth-order valence-corrected chi connectivity index (χ4v) is 4.37. The molecule has 228 valence electrons. The molecule has 45 heavy (non-hydrogen) atoms. The average molecular weight is 603 g/mol. The summed E-state index contributed by atoms with van der Waals surface area (Å²) in [7, 11) is 0. The Morgan fingerprint density at radius 1 is 0.511 bits per heavy atom. The predicted octanol–water partition coefficient (Wildman–Crippen LogP) is 5.04. The molecule has 9 nitrogen and oxygen atoms in total. The van der Waals surface area contributed by atoms with E-state index in [0.717, 1.165) is 32.9 Å². The average Bonchev–Trinajstić information content (AvgIpc) is 3.09. The van der Waals surface area contributed by atoms with E-state index in [1.54, 1.807) is 12.4 Å². The molecule has 0 radical (unpaired) electrons. The Balaban J connectivity index is 0.000000200. The number of fused-ring (bicyclic) bond motifs is 2. The number of carbonyl (C=O) groups is 2. The molecule has 2 amide bonds. The van der Waals surface area contributed by atoms with Crippen molar-refractivity contribution in [2.24, 2.45) is 0 Å². The van der Waals surface area contributed by atoms with Crippen LogP contribution in [0.1, 0.15) is 11.1 Å². The third-order valence-electron chi connectivity index (χ3n) is 6.57. The van der Waals surface area contributed by atoms with Gasteiger partial charge in [-0.15, -0.1) is 0 Å². The first kappa shape index (κ1) is 32.1. The Labute approximate surface area is 261 Å². The zero-order valence-corrected chi connectivity index (χ0v) is 24.6. The molecular weight excluding hydrogens is 568 g/mol. The zero-order chi connectivity index (χ0) is 30.4. The van der Waals surface area contributed by atoms with Gasteiger partial charge in [-0.25, -0.2) is 0 Å². The first-order valence-electron chi connectivity index (χ1n) is 14.2. The Kier molecular flexibility index (Phi) is 11.9. The van der Waals surface area contributed by atoms with Crippen LogP contribution in [0.3, 0.4) is 0 Å². The summed E-state index contributed by atoms with van der Waals surface area (Å²) in [6.45, 7) is 0.943. The van der Waals surface area contributed by atoms with Crippen LogP contribution in [0.15, 0.2) is 134 Å². The SMILES string of the molecule is O.O=C(COc1cccc2cccnc12)NCc1ccccc1.O=C(COc1cccc2cccnc12)NCc1ccccc1. The summed E-state index contributed by atoms with van der Waals surface area (Å²) in [5, 5.41) is 7.65. The predicted molar refractivity (Wildman–Crippen MR) is 175 cm³/mol. The molecule has 2 aromatic heterocycles. The van der Waals surface area contributed by atoms with Gasteiger partial charge in [0.25, 0.3) is 11.8 Å². The van der Waals surface area contributed by atoms with Gasteiger partial charge in [-0.05, 0) is 35.4 Å². The summed E-state index contributed by atoms with van der Waals surface area (Å²) in [4.78, 5) is 32.3. The van der Waals surface area contributed by atoms with E-state index in [1.165, 1.54) is 0 Å². The number of hydrogen-bond donors (Lipinski definition) is 2. The van der Waals surface area contributed by atoms with Gasteiger partial charge in [0.2, 0.25) is 0 Å². The van der Waals surface area contributed by atoms with Gasteiger partial charge in [0.05, 0.1) is 0 Å². The van der Waals surface area contributed by atoms with Gasteiger partial charge in [-0.1, -0.05) is 97.1 Å². The van der Waals surface area contributed by atoms with Crippen molar-refractivity contribution in [1.29, 1.82) is 0 Å². The highest BCUT2D eigenvalue weighted by Crippen LogP contribution is 2.23. The maximum Gasteiger partial charge on any atom is 0.258 e. The summed E-state index contributed by atoms with van der Waals surface area (Å²) in [5.74, 6) is 0.925. The Bertz CT molecular complexity index is 1670. The lowest BCUT2D eigenvalue weighted by Gasteiger charge is -2.09. The van der Waals surface area contributed by atoms with E-state index in [9.17, 15) is 9.59 Å². The van der Waals surface area contributed by atoms with E-state index >= 15 is 0 Å². The number of aromatic nitrogens is 2. The molecular formula is C36H34N4O5. The molecule has 6 rings (SSSR count). The van der Waals surface area contributed by atoms with Crippen LogP contribution in [-0.4, -0.2) is 40.5 Å². The van der Waals surface area contributed by atoms with Crippen LogP contribution < -0.4 is 20.1 Å². The fourth-order valence-electron chi connectivity index (χ4n) is 4.37. The van der Waals surface area contributed by atoms with Gasteiger partial charge in [0.1, 0.15) is 22.5 Å². The number of pyridine rings is 2. The number of nitrogens with one attached hydrogen (secondary N) is 2. The van der Waals surface area contributed by atoms with E-state index in [2.05, 4.69) is 20.6 Å². The van der Waals surface area contributed by atoms with Crippen molar-refractivity contribution in [3.05, 3.63) is 145 Å². The molecule has 0 spiro atoms. The molecule has 9 heteroatoms. The van der Waals surface area contributed by atoms with Crippen LogP contribution in [0.5, 0.6) is 11.5 Å². The van der Waals surface area contributed by atoms with Crippen LogP contribution in [0.2, 0.25) is 0 Å². The van der Waals surface area contributed by atoms with Crippen molar-refractivity contribution in [3.63, 3.8) is 0 Å². The number of nitrogens with zero attached hydrogens (tertiary/aromatic N) is 2. The van der Waals surface area contributed by atoms with Crippen LogP contribution in [0.25, 0.3) is 21.8 Å². The van der Waals surface area contributed by atoms with Crippen LogP contribution >= 0.6 is 0 Å². The second-order valence-corrected chi connectivity index (χ2v) is 9.76. The Hall–Kier alpha value is -5.80. The van der Waals surface area contributed by atoms with E-state index in [-0.39, 0.29) is 30.5 Å². The van der Waals surface area contributed by atoms with Gasteiger partial charge in [0.15, 0.2) is 13.2 Å². The molecule has 2 heterocycles. The smallest absolute Gasteiger partial charge is 0.258 e. The third-order valence-corrected chi connectivity index (χ3v) is 6.57. The maximum atomic E-state index is 11.9. The molecule has 0 saturated heterocycles. The van der Waals surface area contributed by atoms with E-state index in [4.69, 9.17) is 9.47 Å². The second kappa shape index (κ2) is 16.7. The summed E-state index contributed by atoms with van der Waals surface area (Å²) in [6.07, 6.45) is 3.43. The molecule has 4 aromatic carbocycles. The van der Waals surface area contributed by atoms with Crippen LogP contribution in [-0.2, 0) is 22.7 Å². The summed E-state index contributed by atoms with van der Waals surface area (Å²) >= 11 is 0. The van der Waals surface area contributed by atoms with Gasteiger partial charge < -0.3 is 25.6 Å². The molecule has 0 bridgehead atoms. The van der Waals surface area contributed by atoms with Crippen LogP contribution in [0, 0.1) is 0 Å². The molecule has 0 atom stereocenters. The van der Waals surface area contributed by atoms with Crippen molar-refractivity contribution in [3.8, 4) is 11.5 Å². The highest BCUT2D eigenvalue weighted by atomic mass is 16.5. The monoisotopic (exact) mass is 602 g/mol. The molecule has 6 aromatic rings. The number of hydrogen-bond acceptors (Lipinski definition) is 6. The molecule has 4 N–H and O–H groups in total. The standard InChI is InChI=1S/2C18H16N2O2.H2O/c2*21-17(20-12-14-6-2-1-3-7-14)13-22-16-10-4-8-15-9-5-11-19-18(15)16;/h2*1-11H,12-13H2,(H,20,21);1H2. The number of rotatable bonds is 10. The third kappa shape index (κ3) is 9.60. The van der Waals surface area contributed by atoms with Crippen molar-refractivity contribution < 1.29 is 24.5 Å². The quantitative estimate of drug-likeness (QED) is 0.226. The van der Waals surface area contributed by atoms with Gasteiger partial charge in [-0.2, -0.15) is 0 Å². The summed E-state index contributed by atoms with van der Waals surface area (Å²) < 4.78 is 11.2. The lowest BCUT2D eigenvalue weighted by molar-refractivity contribution is -0.124. The van der Waals surface area contributed by atoms with Crippen molar-refractivity contribution in [2.45, 2.75) is 13.1 Å². The maximum absolute atomic E-state index is 11.9. The largest absolute Gasteiger partial charge is 0.481 e. The normalized spacial score (nSPS) is 10.1. The first-order valence-corrected chi connectivity index (χ1v) is 14.2. The lowest BCUT2D eigenvalue weighted by Crippen LogP contribution is -2.28. The summed E-state index contributed by atoms with van der Waals surface area (Å²) in [6, 6.07) is 38.6. The highest BCUT2D eigenvalue weighted by molar-refractivity contribution is 5.86. The minimum Gasteiger partial charge on any atom is -0.481 e. The van der Waals surface area contributed by atoms with Crippen molar-refractivity contribution >= 4 is 33.6 Å². The number of carbonyl (C=O) groups excluding carboxylic acids is 2. The first-order chi connectivity index (χ1) is 21.7. The Morgan fingerprint density at radius 3 is 1.33 bits per heavy atom. The Morgan fingerprint density at radius 2 is 0.911 bits per heavy atom. The topological polar surface area (TPSA) is 134 Å². The van der Waals surface area contributed by atoms with E-state index in [1.807, 2.05) is 121 Å². The molecule has 0 fully saturated rings. The molecule has 0 aliphatic heterocycles. The number of ether oxygens (including phenoxy) is 2. The van der Waals surface area contributed by atoms with Gasteiger partial charge in [0, 0.05) is 36.3 Å².